The second-order valence-corrected chi connectivity index (χ2v) is 5.96. The molecule has 0 N–H and O–H groups in total. The lowest BCUT2D eigenvalue weighted by atomic mass is 10.3. The summed E-state index contributed by atoms with van der Waals surface area (Å²) in [6.07, 6.45) is 2.42. The first kappa shape index (κ1) is 14.5. The van der Waals surface area contributed by atoms with Crippen molar-refractivity contribution in [3.05, 3.63) is 45.5 Å². The van der Waals surface area contributed by atoms with Crippen molar-refractivity contribution in [2.75, 3.05) is 36.0 Å². The number of pyridine rings is 1. The van der Waals surface area contributed by atoms with E-state index in [-0.39, 0.29) is 5.69 Å². The van der Waals surface area contributed by atoms with Gasteiger partial charge in [0.25, 0.3) is 0 Å². The molecule has 1 aliphatic heterocycles. The van der Waals surface area contributed by atoms with Crippen LogP contribution in [0.4, 0.5) is 16.5 Å². The summed E-state index contributed by atoms with van der Waals surface area (Å²) in [5.41, 5.74) is 0.0373. The molecule has 0 saturated carbocycles. The number of hydrogen-bond donors (Lipinski definition) is 0. The monoisotopic (exact) mass is 318 g/mol. The highest BCUT2D eigenvalue weighted by Gasteiger charge is 2.25. The quantitative estimate of drug-likeness (QED) is 0.488. The summed E-state index contributed by atoms with van der Waals surface area (Å²) in [6, 6.07) is 6.80. The highest BCUT2D eigenvalue weighted by atomic mass is 32.1. The maximum atomic E-state index is 11.1. The molecule has 1 fully saturated rings. The van der Waals surface area contributed by atoms with Crippen LogP contribution in [0.2, 0.25) is 0 Å². The van der Waals surface area contributed by atoms with Crippen LogP contribution in [0.1, 0.15) is 9.67 Å². The molecule has 0 unspecified atom stereocenters. The van der Waals surface area contributed by atoms with Crippen LogP contribution in [0, 0.1) is 10.1 Å². The van der Waals surface area contributed by atoms with E-state index >= 15 is 0 Å². The van der Waals surface area contributed by atoms with Crippen LogP contribution in [0.3, 0.4) is 0 Å². The predicted octanol–water partition coefficient (Wildman–Crippen LogP) is 2.19. The highest BCUT2D eigenvalue weighted by Crippen LogP contribution is 2.29. The lowest BCUT2D eigenvalue weighted by Gasteiger charge is -2.35. The number of nitrogens with zero attached hydrogens (tertiary/aromatic N) is 4. The average Bonchev–Trinajstić information content (AvgIpc) is 3.04. The number of aromatic nitrogens is 1. The van der Waals surface area contributed by atoms with Crippen LogP contribution in [0.15, 0.2) is 30.5 Å². The first-order valence-electron chi connectivity index (χ1n) is 6.83. The molecule has 0 aliphatic carbocycles. The topological polar surface area (TPSA) is 79.6 Å². The van der Waals surface area contributed by atoms with Gasteiger partial charge in [-0.05, 0) is 18.2 Å². The van der Waals surface area contributed by atoms with E-state index in [2.05, 4.69) is 9.88 Å². The molecule has 2 aromatic heterocycles. The number of carbonyl (C=O) groups is 1. The number of carbonyl (C=O) groups excluding carboxylic acids is 1. The molecule has 0 radical (unpaired) electrons. The molecule has 8 heteroatoms. The Morgan fingerprint density at radius 3 is 2.55 bits per heavy atom. The number of anilines is 2. The zero-order chi connectivity index (χ0) is 15.5. The molecule has 22 heavy (non-hydrogen) atoms. The first-order chi connectivity index (χ1) is 10.7. The standard InChI is InChI=1S/C14H14N4O3S/c19-10-11-3-4-13(22-11)16-6-8-17(9-7-16)14-12(18(20)21)2-1-5-15-14/h1-5,10H,6-9H2. The molecule has 1 aliphatic rings. The van der Waals surface area contributed by atoms with Crippen LogP contribution >= 0.6 is 11.3 Å². The van der Waals surface area contributed by atoms with Crippen molar-refractivity contribution in [3.63, 3.8) is 0 Å². The van der Waals surface area contributed by atoms with Crippen LogP contribution in [0.25, 0.3) is 0 Å². The van der Waals surface area contributed by atoms with E-state index in [0.717, 1.165) is 24.4 Å². The van der Waals surface area contributed by atoms with Crippen LogP contribution in [-0.2, 0) is 0 Å². The lowest BCUT2D eigenvalue weighted by Crippen LogP contribution is -2.46. The number of thiophene rings is 1. The zero-order valence-electron chi connectivity index (χ0n) is 11.7. The van der Waals surface area contributed by atoms with Crippen molar-refractivity contribution in [2.24, 2.45) is 0 Å². The van der Waals surface area contributed by atoms with Crippen molar-refractivity contribution >= 4 is 34.1 Å². The van der Waals surface area contributed by atoms with Crippen LogP contribution < -0.4 is 9.80 Å². The summed E-state index contributed by atoms with van der Waals surface area (Å²) in [6.45, 7) is 2.80. The number of hydrogen-bond acceptors (Lipinski definition) is 7. The van der Waals surface area contributed by atoms with Gasteiger partial charge in [-0.3, -0.25) is 14.9 Å². The molecule has 0 bridgehead atoms. The number of nitro groups is 1. The fourth-order valence-corrected chi connectivity index (χ4v) is 3.36. The Kier molecular flexibility index (Phi) is 4.01. The maximum absolute atomic E-state index is 11.1. The SMILES string of the molecule is O=Cc1ccc(N2CCN(c3ncccc3[N+](=O)[O-])CC2)s1. The number of rotatable bonds is 4. The molecule has 114 valence electrons. The van der Waals surface area contributed by atoms with E-state index in [9.17, 15) is 14.9 Å². The fraction of sp³-hybridized carbons (Fsp3) is 0.286. The first-order valence-corrected chi connectivity index (χ1v) is 7.65. The Balaban J connectivity index is 1.72. The minimum atomic E-state index is -0.398. The minimum Gasteiger partial charge on any atom is -0.360 e. The van der Waals surface area contributed by atoms with Gasteiger partial charge in [0.1, 0.15) is 0 Å². The van der Waals surface area contributed by atoms with Gasteiger partial charge in [0, 0.05) is 38.4 Å². The normalized spacial score (nSPS) is 14.9. The summed E-state index contributed by atoms with van der Waals surface area (Å²) >= 11 is 1.46. The Morgan fingerprint density at radius 1 is 1.18 bits per heavy atom. The van der Waals surface area contributed by atoms with Gasteiger partial charge < -0.3 is 9.80 Å². The van der Waals surface area contributed by atoms with E-state index in [1.54, 1.807) is 12.3 Å². The Labute approximate surface area is 131 Å². The maximum Gasteiger partial charge on any atom is 0.311 e. The Bertz CT molecular complexity index is 695. The third-order valence-electron chi connectivity index (χ3n) is 3.58. The molecule has 3 rings (SSSR count). The fourth-order valence-electron chi connectivity index (χ4n) is 2.49. The second kappa shape index (κ2) is 6.10. The van der Waals surface area contributed by atoms with Crippen molar-refractivity contribution in [1.82, 2.24) is 4.98 Å². The van der Waals surface area contributed by atoms with E-state index in [1.165, 1.54) is 17.4 Å². The Morgan fingerprint density at radius 2 is 1.91 bits per heavy atom. The van der Waals surface area contributed by atoms with E-state index in [0.29, 0.717) is 23.8 Å². The van der Waals surface area contributed by atoms with Gasteiger partial charge in [0.05, 0.1) is 14.8 Å². The van der Waals surface area contributed by atoms with E-state index < -0.39 is 4.92 Å². The molecule has 0 amide bonds. The van der Waals surface area contributed by atoms with Crippen molar-refractivity contribution in [3.8, 4) is 0 Å². The molecule has 2 aromatic rings. The highest BCUT2D eigenvalue weighted by molar-refractivity contribution is 7.17. The number of aldehydes is 1. The van der Waals surface area contributed by atoms with E-state index in [1.807, 2.05) is 17.0 Å². The van der Waals surface area contributed by atoms with Gasteiger partial charge in [0.2, 0.25) is 5.82 Å². The summed E-state index contributed by atoms with van der Waals surface area (Å²) in [5.74, 6) is 0.423. The predicted molar refractivity (Wildman–Crippen MR) is 85.0 cm³/mol. The molecular weight excluding hydrogens is 304 g/mol. The van der Waals surface area contributed by atoms with Gasteiger partial charge in [-0.1, -0.05) is 0 Å². The van der Waals surface area contributed by atoms with E-state index in [4.69, 9.17) is 0 Å². The molecule has 0 aromatic carbocycles. The average molecular weight is 318 g/mol. The van der Waals surface area contributed by atoms with Crippen LogP contribution in [0.5, 0.6) is 0 Å². The zero-order valence-corrected chi connectivity index (χ0v) is 12.5. The number of piperazine rings is 1. The van der Waals surface area contributed by atoms with Crippen molar-refractivity contribution in [2.45, 2.75) is 0 Å². The van der Waals surface area contributed by atoms with Gasteiger partial charge in [-0.15, -0.1) is 11.3 Å². The summed E-state index contributed by atoms with van der Waals surface area (Å²) in [5, 5.41) is 12.1. The third kappa shape index (κ3) is 2.77. The van der Waals surface area contributed by atoms with Gasteiger partial charge in [0.15, 0.2) is 6.29 Å². The van der Waals surface area contributed by atoms with Crippen molar-refractivity contribution < 1.29 is 9.72 Å². The third-order valence-corrected chi connectivity index (χ3v) is 4.65. The summed E-state index contributed by atoms with van der Waals surface area (Å²) < 4.78 is 0. The molecule has 7 nitrogen and oxygen atoms in total. The van der Waals surface area contributed by atoms with Gasteiger partial charge >= 0.3 is 5.69 Å². The minimum absolute atomic E-state index is 0.0373. The van der Waals surface area contributed by atoms with Crippen molar-refractivity contribution in [1.29, 1.82) is 0 Å². The summed E-state index contributed by atoms with van der Waals surface area (Å²) in [4.78, 5) is 30.4. The smallest absolute Gasteiger partial charge is 0.311 e. The summed E-state index contributed by atoms with van der Waals surface area (Å²) in [7, 11) is 0. The van der Waals surface area contributed by atoms with Gasteiger partial charge in [-0.25, -0.2) is 4.98 Å². The molecule has 0 spiro atoms. The lowest BCUT2D eigenvalue weighted by molar-refractivity contribution is -0.384. The molecular formula is C14H14N4O3S. The molecule has 0 atom stereocenters. The Hall–Kier alpha value is -2.48. The van der Waals surface area contributed by atoms with Crippen LogP contribution in [-0.4, -0.2) is 42.4 Å². The molecule has 1 saturated heterocycles. The second-order valence-electron chi connectivity index (χ2n) is 4.87. The van der Waals surface area contributed by atoms with Gasteiger partial charge in [-0.2, -0.15) is 0 Å². The molecule has 3 heterocycles. The largest absolute Gasteiger partial charge is 0.360 e.